The molecular formula is C21H32OSi. The summed E-state index contributed by atoms with van der Waals surface area (Å²) in [7, 11) is -1.71. The van der Waals surface area contributed by atoms with Crippen LogP contribution in [0.5, 0.6) is 0 Å². The summed E-state index contributed by atoms with van der Waals surface area (Å²) in [5.41, 5.74) is 6.92. The molecule has 1 rings (SSSR count). The fourth-order valence-corrected chi connectivity index (χ4v) is 9.19. The minimum Gasteiger partial charge on any atom is -0.303 e. The van der Waals surface area contributed by atoms with Crippen molar-refractivity contribution in [2.75, 3.05) is 0 Å². The van der Waals surface area contributed by atoms with Gasteiger partial charge in [-0.3, -0.25) is 0 Å². The van der Waals surface area contributed by atoms with Crippen molar-refractivity contribution in [2.45, 2.75) is 71.0 Å². The van der Waals surface area contributed by atoms with Gasteiger partial charge in [0.15, 0.2) is 0 Å². The van der Waals surface area contributed by atoms with Gasteiger partial charge in [-0.15, -0.1) is 11.5 Å². The van der Waals surface area contributed by atoms with Crippen molar-refractivity contribution in [1.82, 2.24) is 0 Å². The quantitative estimate of drug-likeness (QED) is 0.359. The minimum atomic E-state index is -1.71. The number of carbonyl (C=O) groups is 1. The molecule has 0 heterocycles. The van der Waals surface area contributed by atoms with E-state index in [-0.39, 0.29) is 5.92 Å². The van der Waals surface area contributed by atoms with Gasteiger partial charge in [0, 0.05) is 12.3 Å². The summed E-state index contributed by atoms with van der Waals surface area (Å²) < 4.78 is 0. The molecule has 23 heavy (non-hydrogen) atoms. The first-order valence-corrected chi connectivity index (χ1v) is 11.1. The molecule has 0 aliphatic rings. The molecule has 0 radical (unpaired) electrons. The monoisotopic (exact) mass is 328 g/mol. The topological polar surface area (TPSA) is 17.1 Å². The van der Waals surface area contributed by atoms with E-state index in [2.05, 4.69) is 77.3 Å². The van der Waals surface area contributed by atoms with Gasteiger partial charge in [0.1, 0.15) is 14.4 Å². The predicted molar refractivity (Wildman–Crippen MR) is 103 cm³/mol. The Morgan fingerprint density at radius 3 is 1.91 bits per heavy atom. The van der Waals surface area contributed by atoms with Crippen molar-refractivity contribution in [2.24, 2.45) is 5.92 Å². The molecule has 1 nitrogen and oxygen atoms in total. The lowest BCUT2D eigenvalue weighted by molar-refractivity contribution is -0.108. The van der Waals surface area contributed by atoms with Gasteiger partial charge in [0.25, 0.3) is 0 Å². The highest BCUT2D eigenvalue weighted by Crippen LogP contribution is 2.40. The maximum absolute atomic E-state index is 11.1. The molecule has 1 aromatic carbocycles. The van der Waals surface area contributed by atoms with Gasteiger partial charge >= 0.3 is 0 Å². The van der Waals surface area contributed by atoms with Crippen LogP contribution >= 0.6 is 0 Å². The van der Waals surface area contributed by atoms with Crippen molar-refractivity contribution in [3.05, 3.63) is 35.9 Å². The summed E-state index contributed by atoms with van der Waals surface area (Å²) in [5.74, 6) is 3.67. The molecule has 1 aromatic rings. The molecule has 1 atom stereocenters. The highest BCUT2D eigenvalue weighted by Gasteiger charge is 2.41. The van der Waals surface area contributed by atoms with Gasteiger partial charge in [-0.05, 0) is 28.6 Å². The van der Waals surface area contributed by atoms with Crippen molar-refractivity contribution in [3.8, 4) is 11.5 Å². The number of hydrogen-bond acceptors (Lipinski definition) is 1. The van der Waals surface area contributed by atoms with Gasteiger partial charge < -0.3 is 4.79 Å². The first-order chi connectivity index (χ1) is 10.8. The van der Waals surface area contributed by atoms with E-state index in [4.69, 9.17) is 0 Å². The lowest BCUT2D eigenvalue weighted by Crippen LogP contribution is -2.43. The Kier molecular flexibility index (Phi) is 7.78. The standard InChI is InChI=1S/C21H32OSi/c1-17(2)23(18(3)4,19(5)6)15-13-21(12-14-22)16-20-10-8-7-9-11-20/h7-11,14,17-19,21H,12,16H2,1-6H3/t21-/m0/s1. The lowest BCUT2D eigenvalue weighted by atomic mass is 9.98. The number of hydrogen-bond donors (Lipinski definition) is 0. The molecule has 0 fully saturated rings. The SMILES string of the molecule is CC(C)[Si](C#C[C@H](CC=O)Cc1ccccc1)(C(C)C)C(C)C. The fourth-order valence-electron chi connectivity index (χ4n) is 3.87. The predicted octanol–water partition coefficient (Wildman–Crippen LogP) is 5.66. The molecule has 0 N–H and O–H groups in total. The molecule has 0 spiro atoms. The summed E-state index contributed by atoms with van der Waals surface area (Å²) in [6.45, 7) is 14.0. The van der Waals surface area contributed by atoms with Crippen molar-refractivity contribution in [1.29, 1.82) is 0 Å². The van der Waals surface area contributed by atoms with E-state index >= 15 is 0 Å². The maximum atomic E-state index is 11.1. The fraction of sp³-hybridized carbons (Fsp3) is 0.571. The van der Waals surface area contributed by atoms with Gasteiger partial charge in [0.2, 0.25) is 0 Å². The van der Waals surface area contributed by atoms with Crippen LogP contribution in [0.2, 0.25) is 16.6 Å². The van der Waals surface area contributed by atoms with Crippen LogP contribution in [-0.2, 0) is 11.2 Å². The Labute approximate surface area is 143 Å². The third kappa shape index (κ3) is 5.08. The van der Waals surface area contributed by atoms with Crippen LogP contribution in [0.4, 0.5) is 0 Å². The van der Waals surface area contributed by atoms with Crippen LogP contribution in [0, 0.1) is 17.4 Å². The van der Waals surface area contributed by atoms with Gasteiger partial charge in [0.05, 0.1) is 0 Å². The number of benzene rings is 1. The van der Waals surface area contributed by atoms with E-state index < -0.39 is 8.07 Å². The number of aldehydes is 1. The van der Waals surface area contributed by atoms with Crippen LogP contribution in [0.3, 0.4) is 0 Å². The highest BCUT2D eigenvalue weighted by atomic mass is 28.3. The number of carbonyl (C=O) groups excluding carboxylic acids is 1. The Hall–Kier alpha value is -1.33. The molecular weight excluding hydrogens is 296 g/mol. The zero-order valence-electron chi connectivity index (χ0n) is 15.6. The average molecular weight is 329 g/mol. The van der Waals surface area contributed by atoms with E-state index in [0.717, 1.165) is 12.7 Å². The van der Waals surface area contributed by atoms with Crippen LogP contribution in [0.1, 0.15) is 53.5 Å². The molecule has 0 aliphatic heterocycles. The third-order valence-electron chi connectivity index (χ3n) is 5.06. The normalized spacial score (nSPS) is 13.1. The molecule has 0 bridgehead atoms. The van der Waals surface area contributed by atoms with E-state index in [1.54, 1.807) is 0 Å². The summed E-state index contributed by atoms with van der Waals surface area (Å²) in [6.07, 6.45) is 2.41. The molecule has 0 unspecified atom stereocenters. The Morgan fingerprint density at radius 2 is 1.48 bits per heavy atom. The summed E-state index contributed by atoms with van der Waals surface area (Å²) >= 11 is 0. The second kappa shape index (κ2) is 9.08. The van der Waals surface area contributed by atoms with E-state index in [1.165, 1.54) is 5.56 Å². The molecule has 0 aliphatic carbocycles. The average Bonchev–Trinajstić information content (AvgIpc) is 2.47. The summed E-state index contributed by atoms with van der Waals surface area (Å²) in [4.78, 5) is 11.1. The molecule has 0 aromatic heterocycles. The second-order valence-electron chi connectivity index (χ2n) is 7.46. The Balaban J connectivity index is 3.10. The second-order valence-corrected chi connectivity index (χ2v) is 13.0. The highest BCUT2D eigenvalue weighted by molar-refractivity contribution is 6.90. The largest absolute Gasteiger partial charge is 0.303 e. The van der Waals surface area contributed by atoms with E-state index in [9.17, 15) is 4.79 Å². The van der Waals surface area contributed by atoms with E-state index in [0.29, 0.717) is 23.0 Å². The first kappa shape index (κ1) is 19.7. The van der Waals surface area contributed by atoms with Crippen LogP contribution < -0.4 is 0 Å². The van der Waals surface area contributed by atoms with E-state index in [1.807, 2.05) is 6.07 Å². The summed E-state index contributed by atoms with van der Waals surface area (Å²) in [6, 6.07) is 10.4. The molecule has 2 heteroatoms. The van der Waals surface area contributed by atoms with Crippen molar-refractivity contribution in [3.63, 3.8) is 0 Å². The Bertz CT molecular complexity index is 512. The Morgan fingerprint density at radius 1 is 0.957 bits per heavy atom. The maximum Gasteiger partial charge on any atom is 0.145 e. The van der Waals surface area contributed by atoms with Crippen LogP contribution in [0.15, 0.2) is 30.3 Å². The van der Waals surface area contributed by atoms with Crippen molar-refractivity contribution < 1.29 is 4.79 Å². The summed E-state index contributed by atoms with van der Waals surface area (Å²) in [5, 5.41) is 0. The molecule has 0 amide bonds. The van der Waals surface area contributed by atoms with Crippen LogP contribution in [0.25, 0.3) is 0 Å². The zero-order valence-corrected chi connectivity index (χ0v) is 16.6. The minimum absolute atomic E-state index is 0.137. The molecule has 126 valence electrons. The first-order valence-electron chi connectivity index (χ1n) is 8.84. The van der Waals surface area contributed by atoms with Gasteiger partial charge in [-0.1, -0.05) is 71.9 Å². The lowest BCUT2D eigenvalue weighted by Gasteiger charge is -2.38. The van der Waals surface area contributed by atoms with Gasteiger partial charge in [-0.2, -0.15) is 0 Å². The molecule has 0 saturated heterocycles. The number of rotatable bonds is 7. The molecule has 0 saturated carbocycles. The smallest absolute Gasteiger partial charge is 0.145 e. The van der Waals surface area contributed by atoms with Gasteiger partial charge in [-0.25, -0.2) is 0 Å². The van der Waals surface area contributed by atoms with Crippen molar-refractivity contribution >= 4 is 14.4 Å². The zero-order chi connectivity index (χ0) is 17.5. The third-order valence-corrected chi connectivity index (χ3v) is 11.4. The van der Waals surface area contributed by atoms with Crippen LogP contribution in [-0.4, -0.2) is 14.4 Å².